The Morgan fingerprint density at radius 2 is 1.81 bits per heavy atom. The Hall–Kier alpha value is -3.27. The molecule has 1 aliphatic rings. The second-order valence-electron chi connectivity index (χ2n) is 9.21. The molecule has 1 saturated heterocycles. The fraction of sp³-hybridized carbons (Fsp3) is 0.286. The van der Waals surface area contributed by atoms with E-state index in [9.17, 15) is 13.2 Å². The number of carbonyl (C=O) groups is 1. The van der Waals surface area contributed by atoms with E-state index in [-0.39, 0.29) is 10.8 Å². The number of thiazole rings is 1. The molecule has 1 atom stereocenters. The molecular weight excluding hydrogens is 506 g/mol. The summed E-state index contributed by atoms with van der Waals surface area (Å²) in [6.45, 7) is 4.68. The first kappa shape index (κ1) is 25.4. The monoisotopic (exact) mass is 535 g/mol. The number of methoxy groups -OCH3 is 1. The number of hydrogen-bond donors (Lipinski definition) is 0. The van der Waals surface area contributed by atoms with Crippen LogP contribution in [0.25, 0.3) is 10.2 Å². The summed E-state index contributed by atoms with van der Waals surface area (Å²) in [7, 11) is -2.34. The van der Waals surface area contributed by atoms with E-state index in [2.05, 4.69) is 6.07 Å². The summed E-state index contributed by atoms with van der Waals surface area (Å²) < 4.78 is 34.7. The topological polar surface area (TPSA) is 79.8 Å². The van der Waals surface area contributed by atoms with Gasteiger partial charge in [-0.1, -0.05) is 47.7 Å². The fourth-order valence-electron chi connectivity index (χ4n) is 4.67. The number of ether oxygens (including phenoxy) is 1. The molecule has 3 aromatic carbocycles. The Morgan fingerprint density at radius 3 is 2.51 bits per heavy atom. The van der Waals surface area contributed by atoms with Crippen molar-refractivity contribution in [2.75, 3.05) is 18.6 Å². The van der Waals surface area contributed by atoms with Crippen molar-refractivity contribution >= 4 is 42.6 Å². The van der Waals surface area contributed by atoms with Crippen LogP contribution in [0.5, 0.6) is 5.75 Å². The van der Waals surface area contributed by atoms with E-state index < -0.39 is 16.1 Å². The maximum Gasteiger partial charge on any atom is 0.247 e. The second-order valence-corrected chi connectivity index (χ2v) is 12.1. The number of fused-ring (bicyclic) bond motifs is 1. The number of sulfonamides is 1. The van der Waals surface area contributed by atoms with Gasteiger partial charge in [0.05, 0.1) is 28.8 Å². The molecule has 7 nitrogen and oxygen atoms in total. The third-order valence-electron chi connectivity index (χ3n) is 6.91. The molecule has 4 aromatic rings. The number of carbonyl (C=O) groups excluding carboxylic acids is 1. The number of hydrogen-bond acceptors (Lipinski definition) is 6. The first-order chi connectivity index (χ1) is 17.8. The minimum atomic E-state index is -3.87. The summed E-state index contributed by atoms with van der Waals surface area (Å²) in [6.07, 6.45) is 1.08. The smallest absolute Gasteiger partial charge is 0.247 e. The molecular formula is C28H29N3O4S2. The molecule has 2 heterocycles. The van der Waals surface area contributed by atoms with Gasteiger partial charge in [0.15, 0.2) is 5.13 Å². The minimum Gasteiger partial charge on any atom is -0.497 e. The predicted molar refractivity (Wildman–Crippen MR) is 147 cm³/mol. The molecule has 0 saturated carbocycles. The van der Waals surface area contributed by atoms with Crippen LogP contribution in [-0.4, -0.2) is 43.3 Å². The van der Waals surface area contributed by atoms with Crippen LogP contribution in [0, 0.1) is 13.8 Å². The van der Waals surface area contributed by atoms with Gasteiger partial charge in [0.2, 0.25) is 15.9 Å². The minimum absolute atomic E-state index is 0.147. The molecule has 1 aliphatic heterocycles. The second kappa shape index (κ2) is 10.2. The van der Waals surface area contributed by atoms with Gasteiger partial charge in [0.1, 0.15) is 11.8 Å². The van der Waals surface area contributed by atoms with Crippen molar-refractivity contribution in [1.29, 1.82) is 0 Å². The highest BCUT2D eigenvalue weighted by Gasteiger charge is 2.42. The lowest BCUT2D eigenvalue weighted by atomic mass is 10.1. The molecule has 9 heteroatoms. The van der Waals surface area contributed by atoms with Crippen LogP contribution in [-0.2, 0) is 21.4 Å². The van der Waals surface area contributed by atoms with E-state index in [1.807, 2.05) is 50.2 Å². The zero-order chi connectivity index (χ0) is 26.2. The molecule has 1 aromatic heterocycles. The van der Waals surface area contributed by atoms with Crippen molar-refractivity contribution in [3.05, 3.63) is 83.4 Å². The van der Waals surface area contributed by atoms with Crippen LogP contribution in [0.3, 0.4) is 0 Å². The lowest BCUT2D eigenvalue weighted by molar-refractivity contribution is -0.121. The summed E-state index contributed by atoms with van der Waals surface area (Å²) >= 11 is 1.46. The summed E-state index contributed by atoms with van der Waals surface area (Å²) in [5.41, 5.74) is 4.04. The average Bonchev–Trinajstić information content (AvgIpc) is 3.58. The van der Waals surface area contributed by atoms with Gasteiger partial charge in [-0.2, -0.15) is 4.31 Å². The van der Waals surface area contributed by atoms with Crippen molar-refractivity contribution in [1.82, 2.24) is 9.29 Å². The highest BCUT2D eigenvalue weighted by Crippen LogP contribution is 2.35. The number of benzene rings is 3. The SMILES string of the molecule is COc1ccc(S(=O)(=O)N2CCCC2C(=O)N(Cc2ccccc2)c2nc3c(C)c(C)ccc3s2)cc1. The van der Waals surface area contributed by atoms with Crippen LogP contribution in [0.15, 0.2) is 71.6 Å². The first-order valence-corrected chi connectivity index (χ1v) is 14.4. The van der Waals surface area contributed by atoms with Crippen LogP contribution in [0.1, 0.15) is 29.5 Å². The van der Waals surface area contributed by atoms with Gasteiger partial charge < -0.3 is 4.74 Å². The lowest BCUT2D eigenvalue weighted by Gasteiger charge is -2.28. The quantitative estimate of drug-likeness (QED) is 0.321. The van der Waals surface area contributed by atoms with Crippen molar-refractivity contribution < 1.29 is 17.9 Å². The first-order valence-electron chi connectivity index (χ1n) is 12.2. The molecule has 0 N–H and O–H groups in total. The standard InChI is InChI=1S/C28H29N3O4S2/c1-19-11-16-25-26(20(19)2)29-28(36-25)30(18-21-8-5-4-6-9-21)27(32)24-10-7-17-31(24)37(33,34)23-14-12-22(35-3)13-15-23/h4-6,8-9,11-16,24H,7,10,17-18H2,1-3H3. The molecule has 1 fully saturated rings. The van der Waals surface area contributed by atoms with E-state index in [4.69, 9.17) is 9.72 Å². The largest absolute Gasteiger partial charge is 0.497 e. The summed E-state index contributed by atoms with van der Waals surface area (Å²) in [6, 6.07) is 19.3. The van der Waals surface area contributed by atoms with Crippen molar-refractivity contribution in [3.8, 4) is 5.75 Å². The van der Waals surface area contributed by atoms with Gasteiger partial charge in [-0.05, 0) is 73.7 Å². The van der Waals surface area contributed by atoms with Crippen molar-refractivity contribution in [2.45, 2.75) is 44.2 Å². The summed E-state index contributed by atoms with van der Waals surface area (Å²) in [5.74, 6) is 0.315. The van der Waals surface area contributed by atoms with Gasteiger partial charge in [-0.15, -0.1) is 0 Å². The van der Waals surface area contributed by atoms with Gasteiger partial charge in [0.25, 0.3) is 0 Å². The Labute approximate surface area is 221 Å². The van der Waals surface area contributed by atoms with Gasteiger partial charge in [-0.3, -0.25) is 9.69 Å². The molecule has 37 heavy (non-hydrogen) atoms. The molecule has 0 radical (unpaired) electrons. The number of nitrogens with zero attached hydrogens (tertiary/aromatic N) is 3. The Bertz CT molecular complexity index is 1530. The molecule has 0 spiro atoms. The Kier molecular flexibility index (Phi) is 7.02. The molecule has 1 amide bonds. The van der Waals surface area contributed by atoms with Crippen molar-refractivity contribution in [2.24, 2.45) is 0 Å². The Morgan fingerprint density at radius 1 is 1.08 bits per heavy atom. The molecule has 1 unspecified atom stereocenters. The van der Waals surface area contributed by atoms with Crippen molar-refractivity contribution in [3.63, 3.8) is 0 Å². The zero-order valence-corrected chi connectivity index (χ0v) is 22.7. The molecule has 0 bridgehead atoms. The highest BCUT2D eigenvalue weighted by atomic mass is 32.2. The zero-order valence-electron chi connectivity index (χ0n) is 21.0. The van der Waals surface area contributed by atoms with E-state index in [1.54, 1.807) is 17.0 Å². The van der Waals surface area contributed by atoms with Gasteiger partial charge in [0, 0.05) is 6.54 Å². The third kappa shape index (κ3) is 4.86. The maximum atomic E-state index is 14.1. The van der Waals surface area contributed by atoms with E-state index in [0.717, 1.165) is 26.9 Å². The number of aromatic nitrogens is 1. The molecule has 5 rings (SSSR count). The number of aryl methyl sites for hydroxylation is 2. The molecule has 0 aliphatic carbocycles. The van der Waals surface area contributed by atoms with Crippen LogP contribution in [0.4, 0.5) is 5.13 Å². The summed E-state index contributed by atoms with van der Waals surface area (Å²) in [4.78, 5) is 20.8. The molecule has 192 valence electrons. The van der Waals surface area contributed by atoms with Crippen LogP contribution < -0.4 is 9.64 Å². The van der Waals surface area contributed by atoms with E-state index in [0.29, 0.717) is 36.8 Å². The van der Waals surface area contributed by atoms with Crippen LogP contribution in [0.2, 0.25) is 0 Å². The number of amides is 1. The fourth-order valence-corrected chi connectivity index (χ4v) is 7.35. The Balaban J connectivity index is 1.52. The predicted octanol–water partition coefficient (Wildman–Crippen LogP) is 5.31. The maximum absolute atomic E-state index is 14.1. The third-order valence-corrected chi connectivity index (χ3v) is 9.87. The van der Waals surface area contributed by atoms with E-state index in [1.165, 1.54) is 34.9 Å². The average molecular weight is 536 g/mol. The number of rotatable bonds is 7. The van der Waals surface area contributed by atoms with Crippen LogP contribution >= 0.6 is 11.3 Å². The van der Waals surface area contributed by atoms with E-state index >= 15 is 0 Å². The number of anilines is 1. The lowest BCUT2D eigenvalue weighted by Crippen LogP contribution is -2.47. The highest BCUT2D eigenvalue weighted by molar-refractivity contribution is 7.89. The normalized spacial score (nSPS) is 16.2. The summed E-state index contributed by atoms with van der Waals surface area (Å²) in [5, 5.41) is 0.575. The van der Waals surface area contributed by atoms with Gasteiger partial charge in [-0.25, -0.2) is 13.4 Å². The van der Waals surface area contributed by atoms with Gasteiger partial charge >= 0.3 is 0 Å².